The van der Waals surface area contributed by atoms with Crippen LogP contribution in [0.5, 0.6) is 0 Å². The van der Waals surface area contributed by atoms with Crippen molar-refractivity contribution in [1.82, 2.24) is 19.5 Å². The van der Waals surface area contributed by atoms with Crippen molar-refractivity contribution in [2.75, 3.05) is 0 Å². The van der Waals surface area contributed by atoms with Crippen LogP contribution in [0, 0.1) is 19.1 Å². The maximum atomic E-state index is 6.57. The van der Waals surface area contributed by atoms with Gasteiger partial charge in [-0.1, -0.05) is 77.7 Å². The van der Waals surface area contributed by atoms with Crippen molar-refractivity contribution in [1.29, 1.82) is 0 Å². The molecule has 4 aromatic heterocycles. The molecule has 5 nitrogen and oxygen atoms in total. The molecule has 0 unspecified atom stereocenters. The number of aryl methyl sites for hydroxylation is 1. The van der Waals surface area contributed by atoms with Crippen LogP contribution >= 0.6 is 0 Å². The molecule has 9 aromatic rings. The molecule has 46 heavy (non-hydrogen) atoms. The quantitative estimate of drug-likeness (QED) is 0.168. The van der Waals surface area contributed by atoms with Crippen LogP contribution in [-0.4, -0.2) is 19.5 Å². The fourth-order valence-electron chi connectivity index (χ4n) is 5.85. The van der Waals surface area contributed by atoms with E-state index in [4.69, 9.17) is 9.40 Å². The first-order valence-electron chi connectivity index (χ1n) is 14.8. The summed E-state index contributed by atoms with van der Waals surface area (Å²) in [6, 6.07) is 49.2. The summed E-state index contributed by atoms with van der Waals surface area (Å²) in [6.07, 6.45) is 3.62. The Morgan fingerprint density at radius 2 is 1.43 bits per heavy atom. The predicted molar refractivity (Wildman–Crippen MR) is 181 cm³/mol. The third-order valence-corrected chi connectivity index (χ3v) is 7.97. The average Bonchev–Trinajstić information content (AvgIpc) is 3.70. The van der Waals surface area contributed by atoms with Gasteiger partial charge in [-0.15, -0.1) is 54.1 Å². The Morgan fingerprint density at radius 1 is 0.630 bits per heavy atom. The van der Waals surface area contributed by atoms with Crippen molar-refractivity contribution in [2.24, 2.45) is 0 Å². The minimum atomic E-state index is 0. The number of hydrogen-bond donors (Lipinski definition) is 0. The summed E-state index contributed by atoms with van der Waals surface area (Å²) in [5.74, 6) is 0.793. The van der Waals surface area contributed by atoms with Crippen molar-refractivity contribution < 1.29 is 24.5 Å². The molecular formula is C40H26IrN4O-2. The van der Waals surface area contributed by atoms with Crippen molar-refractivity contribution in [3.05, 3.63) is 158 Å². The zero-order chi connectivity index (χ0) is 30.2. The standard InChI is InChI=1S/C29H18N3O.C11H8N.Ir/c1-18-26-25(16-17-30-18)32(20-9-3-2-4-10-20)29(31-26)24-13-7-12-22-23-15-14-19-8-5-6-11-21(19)27(23)33-28(22)24;1-2-6-10(7-3-1)11-8-4-5-9-12-11;/h2-12,14-17H,1H3;1-6,8-9H;/q2*-1;. The molecule has 0 spiro atoms. The van der Waals surface area contributed by atoms with Gasteiger partial charge in [0.25, 0.3) is 0 Å². The van der Waals surface area contributed by atoms with Gasteiger partial charge in [0.1, 0.15) is 5.58 Å². The van der Waals surface area contributed by atoms with Crippen molar-refractivity contribution in [3.63, 3.8) is 0 Å². The summed E-state index contributed by atoms with van der Waals surface area (Å²) in [7, 11) is 0. The van der Waals surface area contributed by atoms with Gasteiger partial charge in [0.15, 0.2) is 0 Å². The number of aromatic nitrogens is 4. The van der Waals surface area contributed by atoms with Crippen molar-refractivity contribution in [2.45, 2.75) is 6.92 Å². The first-order chi connectivity index (χ1) is 22.3. The molecule has 0 fully saturated rings. The number of pyridine rings is 2. The van der Waals surface area contributed by atoms with Gasteiger partial charge < -0.3 is 14.0 Å². The third kappa shape index (κ3) is 5.18. The molecule has 0 aliphatic rings. The van der Waals surface area contributed by atoms with Gasteiger partial charge >= 0.3 is 0 Å². The molecule has 0 saturated carbocycles. The molecule has 4 heterocycles. The second-order valence-corrected chi connectivity index (χ2v) is 10.7. The first kappa shape index (κ1) is 29.3. The Morgan fingerprint density at radius 3 is 2.26 bits per heavy atom. The Bertz CT molecular complexity index is 2400. The molecule has 0 atom stereocenters. The van der Waals surface area contributed by atoms with E-state index in [9.17, 15) is 0 Å². The monoisotopic (exact) mass is 771 g/mol. The molecule has 0 aliphatic heterocycles. The number of imidazole rings is 1. The minimum absolute atomic E-state index is 0. The van der Waals surface area contributed by atoms with Crippen LogP contribution < -0.4 is 0 Å². The van der Waals surface area contributed by atoms with E-state index in [2.05, 4.69) is 75.2 Å². The maximum absolute atomic E-state index is 6.57. The van der Waals surface area contributed by atoms with Crippen LogP contribution in [-0.2, 0) is 20.1 Å². The normalized spacial score (nSPS) is 11.0. The van der Waals surface area contributed by atoms with Crippen LogP contribution in [0.1, 0.15) is 5.69 Å². The summed E-state index contributed by atoms with van der Waals surface area (Å²) in [5.41, 5.74) is 8.35. The first-order valence-corrected chi connectivity index (χ1v) is 14.8. The van der Waals surface area contributed by atoms with E-state index in [1.165, 1.54) is 0 Å². The van der Waals surface area contributed by atoms with E-state index >= 15 is 0 Å². The number of rotatable bonds is 3. The Kier molecular flexibility index (Phi) is 7.98. The Labute approximate surface area is 279 Å². The van der Waals surface area contributed by atoms with Crippen LogP contribution in [0.2, 0.25) is 0 Å². The molecule has 0 bridgehead atoms. The molecule has 0 N–H and O–H groups in total. The number of nitrogens with zero attached hydrogens (tertiary/aromatic N) is 4. The number of fused-ring (bicyclic) bond motifs is 6. The van der Waals surface area contributed by atoms with Gasteiger partial charge in [-0.05, 0) is 42.3 Å². The van der Waals surface area contributed by atoms with Gasteiger partial charge in [-0.2, -0.15) is 0 Å². The van der Waals surface area contributed by atoms with E-state index in [1.54, 1.807) is 6.20 Å². The summed E-state index contributed by atoms with van der Waals surface area (Å²) in [4.78, 5) is 13.7. The second kappa shape index (κ2) is 12.5. The van der Waals surface area contributed by atoms with Gasteiger partial charge in [-0.3, -0.25) is 9.97 Å². The molecule has 223 valence electrons. The fraction of sp³-hybridized carbons (Fsp3) is 0.0250. The minimum Gasteiger partial charge on any atom is -0.500 e. The summed E-state index contributed by atoms with van der Waals surface area (Å²) >= 11 is 0. The summed E-state index contributed by atoms with van der Waals surface area (Å²) < 4.78 is 8.74. The molecule has 0 saturated heterocycles. The molecule has 6 heteroatoms. The Hall–Kier alpha value is -5.42. The molecule has 0 amide bonds. The smallest absolute Gasteiger partial charge is 0.128 e. The van der Waals surface area contributed by atoms with Crippen LogP contribution in [0.3, 0.4) is 0 Å². The van der Waals surface area contributed by atoms with Gasteiger partial charge in [0, 0.05) is 49.0 Å². The number of benzene rings is 5. The van der Waals surface area contributed by atoms with Crippen LogP contribution in [0.15, 0.2) is 144 Å². The SMILES string of the molecule is Cc1nccc2c1nc(-c1[c-]ccc3c1oc1c4ccccc4ccc31)n2-c1ccccc1.[Ir].[c-]1ccccc1-c1ccccn1. The average molecular weight is 771 g/mol. The van der Waals surface area contributed by atoms with E-state index in [0.29, 0.717) is 0 Å². The van der Waals surface area contributed by atoms with Gasteiger partial charge in [-0.25, -0.2) is 0 Å². The zero-order valence-corrected chi connectivity index (χ0v) is 27.2. The molecular weight excluding hydrogens is 745 g/mol. The van der Waals surface area contributed by atoms with E-state index < -0.39 is 0 Å². The van der Waals surface area contributed by atoms with Crippen molar-refractivity contribution >= 4 is 43.7 Å². The molecule has 9 rings (SSSR count). The fourth-order valence-corrected chi connectivity index (χ4v) is 5.85. The number of para-hydroxylation sites is 1. The molecule has 5 aromatic carbocycles. The van der Waals surface area contributed by atoms with Crippen LogP contribution in [0.4, 0.5) is 0 Å². The predicted octanol–water partition coefficient (Wildman–Crippen LogP) is 9.79. The van der Waals surface area contributed by atoms with E-state index in [-0.39, 0.29) is 20.1 Å². The van der Waals surface area contributed by atoms with Crippen molar-refractivity contribution in [3.8, 4) is 28.3 Å². The zero-order valence-electron chi connectivity index (χ0n) is 24.8. The largest absolute Gasteiger partial charge is 0.500 e. The number of furan rings is 1. The molecule has 0 aliphatic carbocycles. The van der Waals surface area contributed by atoms with Gasteiger partial charge in [0.05, 0.1) is 28.1 Å². The maximum Gasteiger partial charge on any atom is 0.128 e. The van der Waals surface area contributed by atoms with E-state index in [0.717, 1.165) is 77.8 Å². The third-order valence-electron chi connectivity index (χ3n) is 7.97. The number of hydrogen-bond acceptors (Lipinski definition) is 4. The summed E-state index contributed by atoms with van der Waals surface area (Å²) in [6.45, 7) is 1.99. The second-order valence-electron chi connectivity index (χ2n) is 10.7. The summed E-state index contributed by atoms with van der Waals surface area (Å²) in [5, 5.41) is 4.42. The van der Waals surface area contributed by atoms with Crippen LogP contribution in [0.25, 0.3) is 72.1 Å². The Balaban J connectivity index is 0.000000220. The molecule has 1 radical (unpaired) electrons. The topological polar surface area (TPSA) is 56.7 Å². The van der Waals surface area contributed by atoms with Gasteiger partial charge in [0.2, 0.25) is 0 Å². The van der Waals surface area contributed by atoms with E-state index in [1.807, 2.05) is 92.0 Å².